The van der Waals surface area contributed by atoms with Crippen molar-refractivity contribution in [3.63, 3.8) is 0 Å². The molecule has 1 aliphatic rings. The van der Waals surface area contributed by atoms with E-state index in [0.29, 0.717) is 51.8 Å². The van der Waals surface area contributed by atoms with Crippen LogP contribution in [0.5, 0.6) is 0 Å². The van der Waals surface area contributed by atoms with Crippen LogP contribution in [-0.2, 0) is 9.53 Å². The molecule has 1 unspecified atom stereocenters. The molecule has 0 bridgehead atoms. The van der Waals surface area contributed by atoms with Gasteiger partial charge in [0.05, 0.1) is 24.2 Å². The van der Waals surface area contributed by atoms with E-state index in [4.69, 9.17) is 9.84 Å². The molecule has 1 rings (SSSR count). The van der Waals surface area contributed by atoms with Crippen molar-refractivity contribution >= 4 is 5.97 Å². The van der Waals surface area contributed by atoms with Crippen molar-refractivity contribution in [2.45, 2.75) is 57.7 Å². The molecule has 1 fully saturated rings. The third-order valence-electron chi connectivity index (χ3n) is 3.73. The molecule has 1 saturated carbocycles. The highest BCUT2D eigenvalue weighted by atomic mass is 16.5. The van der Waals surface area contributed by atoms with Crippen LogP contribution in [0.15, 0.2) is 0 Å². The van der Waals surface area contributed by atoms with Crippen LogP contribution >= 0.6 is 0 Å². The SMILES string of the molecule is CCOC(=O)C1CCC(O)(CNCCC(C)O)CC1. The first kappa shape index (κ1) is 16.4. The molecular formula is C14H27NO4. The average molecular weight is 273 g/mol. The Labute approximate surface area is 115 Å². The van der Waals surface area contributed by atoms with Gasteiger partial charge in [-0.05, 0) is 52.5 Å². The van der Waals surface area contributed by atoms with Crippen molar-refractivity contribution in [2.75, 3.05) is 19.7 Å². The van der Waals surface area contributed by atoms with Gasteiger partial charge in [0.1, 0.15) is 0 Å². The third kappa shape index (κ3) is 5.89. The van der Waals surface area contributed by atoms with Crippen LogP contribution in [0.3, 0.4) is 0 Å². The van der Waals surface area contributed by atoms with E-state index in [1.807, 2.05) is 6.92 Å². The lowest BCUT2D eigenvalue weighted by Crippen LogP contribution is -2.45. The number of carbonyl (C=O) groups is 1. The van der Waals surface area contributed by atoms with Gasteiger partial charge in [0, 0.05) is 6.54 Å². The number of hydrogen-bond acceptors (Lipinski definition) is 5. The fraction of sp³-hybridized carbons (Fsp3) is 0.929. The van der Waals surface area contributed by atoms with Crippen LogP contribution in [0.4, 0.5) is 0 Å². The molecule has 0 radical (unpaired) electrons. The lowest BCUT2D eigenvalue weighted by molar-refractivity contribution is -0.151. The first-order valence-corrected chi connectivity index (χ1v) is 7.24. The molecule has 19 heavy (non-hydrogen) atoms. The summed E-state index contributed by atoms with van der Waals surface area (Å²) in [7, 11) is 0. The number of hydrogen-bond donors (Lipinski definition) is 3. The van der Waals surface area contributed by atoms with Crippen LogP contribution in [0.1, 0.15) is 46.0 Å². The smallest absolute Gasteiger partial charge is 0.308 e. The first-order valence-electron chi connectivity index (χ1n) is 7.24. The summed E-state index contributed by atoms with van der Waals surface area (Å²) in [6, 6.07) is 0. The first-order chi connectivity index (χ1) is 8.97. The Morgan fingerprint density at radius 3 is 2.63 bits per heavy atom. The fourth-order valence-electron chi connectivity index (χ4n) is 2.46. The van der Waals surface area contributed by atoms with Crippen molar-refractivity contribution in [3.05, 3.63) is 0 Å². The molecule has 0 heterocycles. The molecule has 0 aromatic rings. The van der Waals surface area contributed by atoms with Gasteiger partial charge in [0.15, 0.2) is 0 Å². The number of esters is 1. The second-order valence-electron chi connectivity index (χ2n) is 5.57. The summed E-state index contributed by atoms with van der Waals surface area (Å²) >= 11 is 0. The highest BCUT2D eigenvalue weighted by molar-refractivity contribution is 5.72. The molecule has 0 aromatic heterocycles. The number of carbonyl (C=O) groups excluding carboxylic acids is 1. The molecule has 0 amide bonds. The Morgan fingerprint density at radius 1 is 1.47 bits per heavy atom. The Hall–Kier alpha value is -0.650. The molecule has 0 saturated heterocycles. The Bertz CT molecular complexity index is 273. The highest BCUT2D eigenvalue weighted by Crippen LogP contribution is 2.32. The maximum Gasteiger partial charge on any atom is 0.308 e. The van der Waals surface area contributed by atoms with E-state index in [0.717, 1.165) is 0 Å². The summed E-state index contributed by atoms with van der Waals surface area (Å²) in [6.45, 7) is 5.20. The van der Waals surface area contributed by atoms with Crippen LogP contribution < -0.4 is 5.32 Å². The number of rotatable bonds is 7. The van der Waals surface area contributed by atoms with Gasteiger partial charge >= 0.3 is 5.97 Å². The number of aliphatic hydroxyl groups excluding tert-OH is 1. The van der Waals surface area contributed by atoms with Gasteiger partial charge < -0.3 is 20.3 Å². The lowest BCUT2D eigenvalue weighted by Gasteiger charge is -2.35. The van der Waals surface area contributed by atoms with E-state index in [1.165, 1.54) is 0 Å². The molecule has 5 nitrogen and oxygen atoms in total. The maximum atomic E-state index is 11.6. The van der Waals surface area contributed by atoms with Crippen LogP contribution in [-0.4, -0.2) is 47.6 Å². The monoisotopic (exact) mass is 273 g/mol. The maximum absolute atomic E-state index is 11.6. The van der Waals surface area contributed by atoms with E-state index in [-0.39, 0.29) is 18.0 Å². The minimum atomic E-state index is -0.721. The van der Waals surface area contributed by atoms with Crippen molar-refractivity contribution in [1.82, 2.24) is 5.32 Å². The van der Waals surface area contributed by atoms with Gasteiger partial charge in [0.2, 0.25) is 0 Å². The number of ether oxygens (including phenoxy) is 1. The van der Waals surface area contributed by atoms with Gasteiger partial charge in [-0.3, -0.25) is 4.79 Å². The largest absolute Gasteiger partial charge is 0.466 e. The van der Waals surface area contributed by atoms with E-state index < -0.39 is 5.60 Å². The number of nitrogens with one attached hydrogen (secondary N) is 1. The second kappa shape index (κ2) is 7.82. The molecular weight excluding hydrogens is 246 g/mol. The second-order valence-corrected chi connectivity index (χ2v) is 5.57. The minimum absolute atomic E-state index is 0.0577. The van der Waals surface area contributed by atoms with Crippen LogP contribution in [0.2, 0.25) is 0 Å². The minimum Gasteiger partial charge on any atom is -0.466 e. The summed E-state index contributed by atoms with van der Waals surface area (Å²) < 4.78 is 5.01. The van der Waals surface area contributed by atoms with Gasteiger partial charge in [-0.1, -0.05) is 0 Å². The Morgan fingerprint density at radius 2 is 2.11 bits per heavy atom. The molecule has 112 valence electrons. The standard InChI is InChI=1S/C14H27NO4/c1-3-19-13(17)12-4-7-14(18,8-5-12)10-15-9-6-11(2)16/h11-12,15-16,18H,3-10H2,1-2H3. The molecule has 0 aromatic carbocycles. The van der Waals surface area contributed by atoms with Gasteiger partial charge in [-0.2, -0.15) is 0 Å². The summed E-state index contributed by atoms with van der Waals surface area (Å²) in [5.74, 6) is -0.190. The highest BCUT2D eigenvalue weighted by Gasteiger charge is 2.35. The van der Waals surface area contributed by atoms with Crippen molar-refractivity contribution in [2.24, 2.45) is 5.92 Å². The van der Waals surface area contributed by atoms with Crippen molar-refractivity contribution in [3.8, 4) is 0 Å². The molecule has 5 heteroatoms. The van der Waals surface area contributed by atoms with Crippen LogP contribution in [0, 0.1) is 5.92 Å². The molecule has 1 aliphatic carbocycles. The molecule has 1 atom stereocenters. The summed E-state index contributed by atoms with van der Waals surface area (Å²) in [5, 5.41) is 22.7. The van der Waals surface area contributed by atoms with Gasteiger partial charge in [0.25, 0.3) is 0 Å². The van der Waals surface area contributed by atoms with E-state index in [1.54, 1.807) is 6.92 Å². The Balaban J connectivity index is 2.25. The average Bonchev–Trinajstić information content (AvgIpc) is 2.36. The van der Waals surface area contributed by atoms with E-state index >= 15 is 0 Å². The van der Waals surface area contributed by atoms with Gasteiger partial charge in [-0.15, -0.1) is 0 Å². The van der Waals surface area contributed by atoms with Crippen molar-refractivity contribution < 1.29 is 19.7 Å². The fourth-order valence-corrected chi connectivity index (χ4v) is 2.46. The lowest BCUT2D eigenvalue weighted by atomic mass is 9.79. The van der Waals surface area contributed by atoms with E-state index in [9.17, 15) is 9.90 Å². The topological polar surface area (TPSA) is 78.8 Å². The molecule has 0 aliphatic heterocycles. The zero-order chi connectivity index (χ0) is 14.3. The van der Waals surface area contributed by atoms with Crippen molar-refractivity contribution in [1.29, 1.82) is 0 Å². The Kier molecular flexibility index (Phi) is 6.75. The zero-order valence-corrected chi connectivity index (χ0v) is 12.0. The number of aliphatic hydroxyl groups is 2. The quantitative estimate of drug-likeness (QED) is 0.473. The van der Waals surface area contributed by atoms with E-state index in [2.05, 4.69) is 5.32 Å². The predicted molar refractivity (Wildman–Crippen MR) is 72.7 cm³/mol. The zero-order valence-electron chi connectivity index (χ0n) is 12.0. The third-order valence-corrected chi connectivity index (χ3v) is 3.73. The predicted octanol–water partition coefficient (Wildman–Crippen LogP) is 0.831. The summed E-state index contributed by atoms with van der Waals surface area (Å²) in [5.41, 5.74) is -0.721. The van der Waals surface area contributed by atoms with Gasteiger partial charge in [-0.25, -0.2) is 0 Å². The summed E-state index contributed by atoms with van der Waals surface area (Å²) in [6.07, 6.45) is 2.99. The normalized spacial score (nSPS) is 28.9. The molecule has 3 N–H and O–H groups in total. The summed E-state index contributed by atoms with van der Waals surface area (Å²) in [4.78, 5) is 11.6. The molecule has 0 spiro atoms. The van der Waals surface area contributed by atoms with Crippen LogP contribution in [0.25, 0.3) is 0 Å².